The summed E-state index contributed by atoms with van der Waals surface area (Å²) in [5, 5.41) is 17.0. The molecule has 1 aliphatic heterocycles. The fourth-order valence-corrected chi connectivity index (χ4v) is 4.83. The molecule has 2 rings (SSSR count). The van der Waals surface area contributed by atoms with E-state index in [2.05, 4.69) is 15.6 Å². The Labute approximate surface area is 197 Å². The number of methoxy groups -OCH3 is 1. The van der Waals surface area contributed by atoms with Gasteiger partial charge in [-0.15, -0.1) is 24.0 Å². The number of rotatable bonds is 9. The Balaban J connectivity index is 0.00000450. The summed E-state index contributed by atoms with van der Waals surface area (Å²) in [5.74, 6) is 1.58. The zero-order valence-electron chi connectivity index (χ0n) is 18.0. The van der Waals surface area contributed by atoms with Gasteiger partial charge in [-0.05, 0) is 43.9 Å². The molecule has 30 heavy (non-hydrogen) atoms. The highest BCUT2D eigenvalue weighted by molar-refractivity contribution is 14.0. The first-order valence-electron chi connectivity index (χ1n) is 10.2. The first-order chi connectivity index (χ1) is 13.9. The molecule has 10 heteroatoms. The van der Waals surface area contributed by atoms with Crippen LogP contribution in [0.25, 0.3) is 0 Å². The first-order valence-corrected chi connectivity index (χ1v) is 11.8. The van der Waals surface area contributed by atoms with Gasteiger partial charge < -0.3 is 20.5 Å². The van der Waals surface area contributed by atoms with E-state index in [-0.39, 0.29) is 42.3 Å². The van der Waals surface area contributed by atoms with Gasteiger partial charge in [0.2, 0.25) is 10.0 Å². The molecule has 1 aliphatic rings. The molecule has 1 unspecified atom stereocenters. The smallest absolute Gasteiger partial charge is 0.214 e. The molecule has 0 amide bonds. The summed E-state index contributed by atoms with van der Waals surface area (Å²) in [4.78, 5) is 4.50. The summed E-state index contributed by atoms with van der Waals surface area (Å²) in [6, 6.07) is 7.43. The summed E-state index contributed by atoms with van der Waals surface area (Å²) >= 11 is 0. The molecule has 3 N–H and O–H groups in total. The molecule has 0 saturated carbocycles. The van der Waals surface area contributed by atoms with Crippen molar-refractivity contribution in [3.8, 4) is 5.75 Å². The lowest BCUT2D eigenvalue weighted by atomic mass is 10.1. The summed E-state index contributed by atoms with van der Waals surface area (Å²) in [5.41, 5.74) is 0.778. The van der Waals surface area contributed by atoms with E-state index in [0.717, 1.165) is 24.2 Å². The van der Waals surface area contributed by atoms with Crippen molar-refractivity contribution in [3.63, 3.8) is 0 Å². The minimum Gasteiger partial charge on any atom is -0.497 e. The van der Waals surface area contributed by atoms with Crippen LogP contribution < -0.4 is 15.4 Å². The average molecular weight is 554 g/mol. The second-order valence-electron chi connectivity index (χ2n) is 7.14. The van der Waals surface area contributed by atoms with Crippen LogP contribution in [0.5, 0.6) is 5.75 Å². The van der Waals surface area contributed by atoms with Crippen LogP contribution in [0.15, 0.2) is 29.3 Å². The van der Waals surface area contributed by atoms with Gasteiger partial charge in [-0.25, -0.2) is 12.7 Å². The van der Waals surface area contributed by atoms with Gasteiger partial charge in [0, 0.05) is 25.7 Å². The SMILES string of the molecule is CCCS(=O)(=O)N1CCC(NC(=NCC(O)c2ccc(OC)cc2)NCC)CC1.I. The van der Waals surface area contributed by atoms with E-state index in [1.54, 1.807) is 11.4 Å². The lowest BCUT2D eigenvalue weighted by molar-refractivity contribution is 0.187. The molecular formula is C20H35IN4O4S. The van der Waals surface area contributed by atoms with Gasteiger partial charge >= 0.3 is 0 Å². The molecule has 1 heterocycles. The summed E-state index contributed by atoms with van der Waals surface area (Å²) in [6.45, 7) is 5.84. The van der Waals surface area contributed by atoms with Crippen LogP contribution in [0.1, 0.15) is 44.8 Å². The molecule has 8 nitrogen and oxygen atoms in total. The van der Waals surface area contributed by atoms with E-state index in [1.807, 2.05) is 38.1 Å². The van der Waals surface area contributed by atoms with E-state index in [0.29, 0.717) is 32.0 Å². The highest BCUT2D eigenvalue weighted by atomic mass is 127. The third-order valence-electron chi connectivity index (χ3n) is 4.92. The van der Waals surface area contributed by atoms with Crippen LogP contribution in [0.2, 0.25) is 0 Å². The van der Waals surface area contributed by atoms with Gasteiger partial charge in [-0.1, -0.05) is 19.1 Å². The van der Waals surface area contributed by atoms with Gasteiger partial charge in [0.25, 0.3) is 0 Å². The predicted molar refractivity (Wildman–Crippen MR) is 131 cm³/mol. The van der Waals surface area contributed by atoms with Gasteiger partial charge in [0.05, 0.1) is 25.5 Å². The summed E-state index contributed by atoms with van der Waals surface area (Å²) < 4.78 is 31.1. The van der Waals surface area contributed by atoms with Crippen molar-refractivity contribution in [2.75, 3.05) is 39.0 Å². The fourth-order valence-electron chi connectivity index (χ4n) is 3.29. The fraction of sp³-hybridized carbons (Fsp3) is 0.650. The number of aliphatic hydroxyl groups is 1. The third-order valence-corrected chi connectivity index (χ3v) is 6.99. The number of hydrogen-bond acceptors (Lipinski definition) is 5. The lowest BCUT2D eigenvalue weighted by Gasteiger charge is -2.32. The number of aliphatic imine (C=N–C) groups is 1. The van der Waals surface area contributed by atoms with Crippen molar-refractivity contribution in [3.05, 3.63) is 29.8 Å². The molecule has 172 valence electrons. The van der Waals surface area contributed by atoms with Gasteiger partial charge in [0.15, 0.2) is 5.96 Å². The Bertz CT molecular complexity index is 751. The number of halogens is 1. The molecule has 0 radical (unpaired) electrons. The Morgan fingerprint density at radius 3 is 2.43 bits per heavy atom. The largest absolute Gasteiger partial charge is 0.497 e. The number of benzene rings is 1. The number of hydrogen-bond donors (Lipinski definition) is 3. The monoisotopic (exact) mass is 554 g/mol. The minimum atomic E-state index is -3.14. The van der Waals surface area contributed by atoms with E-state index < -0.39 is 16.1 Å². The molecule has 0 aromatic heterocycles. The standard InChI is InChI=1S/C20H34N4O4S.HI/c1-4-14-29(26,27)24-12-10-17(11-13-24)23-20(21-5-2)22-15-19(25)16-6-8-18(28-3)9-7-16;/h6-9,17,19,25H,4-5,10-15H2,1-3H3,(H2,21,22,23);1H. The minimum absolute atomic E-state index is 0. The zero-order chi connectivity index (χ0) is 21.3. The van der Waals surface area contributed by atoms with Crippen LogP contribution in [0, 0.1) is 0 Å². The van der Waals surface area contributed by atoms with E-state index in [4.69, 9.17) is 4.74 Å². The normalized spacial score (nSPS) is 17.1. The van der Waals surface area contributed by atoms with Crippen LogP contribution in [-0.2, 0) is 10.0 Å². The second-order valence-corrected chi connectivity index (χ2v) is 9.23. The number of nitrogens with zero attached hydrogens (tertiary/aromatic N) is 2. The van der Waals surface area contributed by atoms with Gasteiger partial charge in [-0.3, -0.25) is 4.99 Å². The predicted octanol–water partition coefficient (Wildman–Crippen LogP) is 2.11. The maximum absolute atomic E-state index is 12.2. The Morgan fingerprint density at radius 1 is 1.27 bits per heavy atom. The van der Waals surface area contributed by atoms with Crippen molar-refractivity contribution < 1.29 is 18.3 Å². The molecule has 0 aliphatic carbocycles. The van der Waals surface area contributed by atoms with Crippen LogP contribution in [0.4, 0.5) is 0 Å². The van der Waals surface area contributed by atoms with E-state index in [9.17, 15) is 13.5 Å². The van der Waals surface area contributed by atoms with Crippen molar-refractivity contribution in [1.29, 1.82) is 0 Å². The number of sulfonamides is 1. The maximum Gasteiger partial charge on any atom is 0.214 e. The number of guanidine groups is 1. The van der Waals surface area contributed by atoms with Crippen LogP contribution in [0.3, 0.4) is 0 Å². The number of ether oxygens (including phenoxy) is 1. The number of nitrogens with one attached hydrogen (secondary N) is 2. The van der Waals surface area contributed by atoms with Crippen molar-refractivity contribution in [1.82, 2.24) is 14.9 Å². The topological polar surface area (TPSA) is 103 Å². The highest BCUT2D eigenvalue weighted by Crippen LogP contribution is 2.18. The summed E-state index contributed by atoms with van der Waals surface area (Å²) in [6.07, 6.45) is 1.38. The Morgan fingerprint density at radius 2 is 1.90 bits per heavy atom. The lowest BCUT2D eigenvalue weighted by Crippen LogP contribution is -2.50. The molecular weight excluding hydrogens is 519 g/mol. The number of piperidine rings is 1. The molecule has 0 spiro atoms. The molecule has 0 bridgehead atoms. The average Bonchev–Trinajstić information content (AvgIpc) is 2.72. The Kier molecular flexibility index (Phi) is 12.0. The maximum atomic E-state index is 12.2. The van der Waals surface area contributed by atoms with Gasteiger partial charge in [-0.2, -0.15) is 0 Å². The van der Waals surface area contributed by atoms with E-state index in [1.165, 1.54) is 0 Å². The molecule has 1 aromatic carbocycles. The Hall–Kier alpha value is -1.11. The first kappa shape index (κ1) is 26.9. The molecule has 1 aromatic rings. The second kappa shape index (κ2) is 13.3. The number of aliphatic hydroxyl groups excluding tert-OH is 1. The van der Waals surface area contributed by atoms with Gasteiger partial charge in [0.1, 0.15) is 5.75 Å². The third kappa shape index (κ3) is 8.20. The van der Waals surface area contributed by atoms with Crippen molar-refractivity contribution in [2.45, 2.75) is 45.3 Å². The van der Waals surface area contributed by atoms with E-state index >= 15 is 0 Å². The highest BCUT2D eigenvalue weighted by Gasteiger charge is 2.27. The molecule has 1 fully saturated rings. The summed E-state index contributed by atoms with van der Waals surface area (Å²) in [7, 11) is -1.53. The van der Waals surface area contributed by atoms with Crippen LogP contribution >= 0.6 is 24.0 Å². The molecule has 1 atom stereocenters. The molecule has 1 saturated heterocycles. The van der Waals surface area contributed by atoms with Crippen molar-refractivity contribution in [2.24, 2.45) is 4.99 Å². The van der Waals surface area contributed by atoms with Crippen molar-refractivity contribution >= 4 is 40.0 Å². The zero-order valence-corrected chi connectivity index (χ0v) is 21.2. The quantitative estimate of drug-likeness (QED) is 0.246. The van der Waals surface area contributed by atoms with Crippen LogP contribution in [-0.4, -0.2) is 68.9 Å².